The number of ether oxygens (including phenoxy) is 1. The van der Waals surface area contributed by atoms with E-state index < -0.39 is 23.0 Å². The Hall–Kier alpha value is -2.87. The van der Waals surface area contributed by atoms with Gasteiger partial charge in [0.05, 0.1) is 6.20 Å². The maximum Gasteiger partial charge on any atom is 0.340 e. The van der Waals surface area contributed by atoms with Crippen LogP contribution in [0.2, 0.25) is 0 Å². The molecule has 1 aromatic carbocycles. The van der Waals surface area contributed by atoms with E-state index in [4.69, 9.17) is 4.74 Å². The van der Waals surface area contributed by atoms with E-state index in [2.05, 4.69) is 0 Å². The predicted molar refractivity (Wildman–Crippen MR) is 96.5 cm³/mol. The number of carbonyl (C=O) groups is 2. The summed E-state index contributed by atoms with van der Waals surface area (Å²) in [6, 6.07) is 5.69. The van der Waals surface area contributed by atoms with E-state index in [0.29, 0.717) is 12.6 Å². The third kappa shape index (κ3) is 4.28. The van der Waals surface area contributed by atoms with E-state index in [-0.39, 0.29) is 40.7 Å². The highest BCUT2D eigenvalue weighted by Gasteiger charge is 2.21. The Labute approximate surface area is 155 Å². The summed E-state index contributed by atoms with van der Waals surface area (Å²) in [5, 5.41) is 0. The molecule has 8 heteroatoms. The number of rotatable bonds is 7. The molecule has 0 amide bonds. The van der Waals surface area contributed by atoms with Gasteiger partial charge < -0.3 is 4.74 Å². The van der Waals surface area contributed by atoms with E-state index in [0.717, 1.165) is 4.57 Å². The van der Waals surface area contributed by atoms with Crippen molar-refractivity contribution < 1.29 is 18.7 Å². The van der Waals surface area contributed by atoms with Crippen LogP contribution < -0.4 is 11.2 Å². The smallest absolute Gasteiger partial charge is 0.340 e. The molecule has 27 heavy (non-hydrogen) atoms. The lowest BCUT2D eigenvalue weighted by atomic mass is 9.96. The van der Waals surface area contributed by atoms with Crippen molar-refractivity contribution in [1.29, 1.82) is 0 Å². The molecule has 1 unspecified atom stereocenters. The number of benzene rings is 1. The minimum atomic E-state index is -1.35. The summed E-state index contributed by atoms with van der Waals surface area (Å²) in [7, 11) is 0. The lowest BCUT2D eigenvalue weighted by molar-refractivity contribution is 0.0797. The molecule has 0 fully saturated rings. The zero-order valence-corrected chi connectivity index (χ0v) is 15.4. The molecule has 2 aromatic rings. The van der Waals surface area contributed by atoms with Crippen molar-refractivity contribution in [2.24, 2.45) is 5.92 Å². The fourth-order valence-electron chi connectivity index (χ4n) is 2.44. The number of hydrogen-bond donors (Lipinski definition) is 0. The Morgan fingerprint density at radius 1 is 1.19 bits per heavy atom. The first kappa shape index (κ1) is 20.4. The third-order valence-corrected chi connectivity index (χ3v) is 4.21. The van der Waals surface area contributed by atoms with Gasteiger partial charge >= 0.3 is 5.69 Å². The zero-order valence-electron chi connectivity index (χ0n) is 15.4. The fourth-order valence-corrected chi connectivity index (χ4v) is 2.44. The van der Waals surface area contributed by atoms with Crippen LogP contribution in [0.4, 0.5) is 4.39 Å². The molecule has 0 aliphatic rings. The monoisotopic (exact) mass is 376 g/mol. The van der Waals surface area contributed by atoms with Crippen molar-refractivity contribution in [3.05, 3.63) is 68.2 Å². The van der Waals surface area contributed by atoms with Crippen molar-refractivity contribution in [2.45, 2.75) is 33.9 Å². The normalized spacial score (nSPS) is 12.0. The average Bonchev–Trinajstić information content (AvgIpc) is 2.68. The first-order valence-corrected chi connectivity index (χ1v) is 8.60. The van der Waals surface area contributed by atoms with Crippen molar-refractivity contribution in [3.8, 4) is 0 Å². The molecule has 0 aliphatic heterocycles. The SMILES string of the molecule is CCOCn1cc(F)c(=O)n(C(=O)c2cccc(C(=O)C(C)CC)c2)c1=O. The van der Waals surface area contributed by atoms with Crippen LogP contribution in [0.15, 0.2) is 40.1 Å². The molecule has 2 rings (SSSR count). The van der Waals surface area contributed by atoms with Gasteiger partial charge in [-0.2, -0.15) is 8.96 Å². The summed E-state index contributed by atoms with van der Waals surface area (Å²) in [6.07, 6.45) is 1.33. The van der Waals surface area contributed by atoms with Crippen LogP contribution in [-0.4, -0.2) is 27.4 Å². The second kappa shape index (κ2) is 8.68. The average molecular weight is 376 g/mol. The summed E-state index contributed by atoms with van der Waals surface area (Å²) in [5.41, 5.74) is -2.14. The molecule has 0 N–H and O–H groups in total. The zero-order chi connectivity index (χ0) is 20.1. The van der Waals surface area contributed by atoms with E-state index in [9.17, 15) is 23.6 Å². The standard InChI is InChI=1S/C19H21FN2O5/c1-4-12(3)16(23)13-7-6-8-14(9-13)17(24)22-18(25)15(20)10-21(19(22)26)11-27-5-2/h6-10,12H,4-5,11H2,1-3H3. The molecular formula is C19H21FN2O5. The molecule has 0 aliphatic carbocycles. The molecule has 1 atom stereocenters. The second-order valence-corrected chi connectivity index (χ2v) is 6.05. The molecule has 7 nitrogen and oxygen atoms in total. The minimum absolute atomic E-state index is 0.0584. The van der Waals surface area contributed by atoms with Crippen LogP contribution in [-0.2, 0) is 11.5 Å². The molecule has 0 saturated carbocycles. The van der Waals surface area contributed by atoms with Gasteiger partial charge in [-0.05, 0) is 25.5 Å². The van der Waals surface area contributed by atoms with Crippen molar-refractivity contribution in [1.82, 2.24) is 9.13 Å². The van der Waals surface area contributed by atoms with Gasteiger partial charge in [-0.1, -0.05) is 26.0 Å². The van der Waals surface area contributed by atoms with Crippen LogP contribution in [0.5, 0.6) is 0 Å². The third-order valence-electron chi connectivity index (χ3n) is 4.21. The highest BCUT2D eigenvalue weighted by molar-refractivity contribution is 6.02. The summed E-state index contributed by atoms with van der Waals surface area (Å²) in [6.45, 7) is 5.28. The molecule has 1 aromatic heterocycles. The summed E-state index contributed by atoms with van der Waals surface area (Å²) >= 11 is 0. The number of halogens is 1. The van der Waals surface area contributed by atoms with Gasteiger partial charge in [0.2, 0.25) is 5.82 Å². The molecule has 0 spiro atoms. The maximum absolute atomic E-state index is 13.9. The lowest BCUT2D eigenvalue weighted by Gasteiger charge is -2.11. The number of Topliss-reactive ketones (excluding diaryl/α,β-unsaturated/α-hetero) is 1. The van der Waals surface area contributed by atoms with Gasteiger partial charge in [-0.25, -0.2) is 4.79 Å². The first-order chi connectivity index (χ1) is 12.8. The van der Waals surface area contributed by atoms with Crippen molar-refractivity contribution in [3.63, 3.8) is 0 Å². The Balaban J connectivity index is 2.53. The van der Waals surface area contributed by atoms with Crippen molar-refractivity contribution in [2.75, 3.05) is 6.61 Å². The van der Waals surface area contributed by atoms with Gasteiger partial charge in [0.15, 0.2) is 5.78 Å². The highest BCUT2D eigenvalue weighted by Crippen LogP contribution is 2.14. The number of hydrogen-bond acceptors (Lipinski definition) is 5. The van der Waals surface area contributed by atoms with Crippen LogP contribution in [0.25, 0.3) is 0 Å². The molecule has 0 bridgehead atoms. The molecule has 0 saturated heterocycles. The minimum Gasteiger partial charge on any atom is -0.361 e. The first-order valence-electron chi connectivity index (χ1n) is 8.60. The van der Waals surface area contributed by atoms with E-state index in [1.54, 1.807) is 19.9 Å². The van der Waals surface area contributed by atoms with Crippen LogP contribution in [0.3, 0.4) is 0 Å². The largest absolute Gasteiger partial charge is 0.361 e. The van der Waals surface area contributed by atoms with Gasteiger partial charge in [0.1, 0.15) is 6.73 Å². The summed E-state index contributed by atoms with van der Waals surface area (Å²) < 4.78 is 20.0. The topological polar surface area (TPSA) is 87.4 Å². The number of aromatic nitrogens is 2. The summed E-state index contributed by atoms with van der Waals surface area (Å²) in [4.78, 5) is 49.5. The highest BCUT2D eigenvalue weighted by atomic mass is 19.1. The van der Waals surface area contributed by atoms with Gasteiger partial charge in [-0.15, -0.1) is 0 Å². The molecule has 1 heterocycles. The lowest BCUT2D eigenvalue weighted by Crippen LogP contribution is -2.45. The van der Waals surface area contributed by atoms with Gasteiger partial charge in [-0.3, -0.25) is 19.0 Å². The Morgan fingerprint density at radius 3 is 2.48 bits per heavy atom. The Bertz CT molecular complexity index is 977. The van der Waals surface area contributed by atoms with Crippen LogP contribution >= 0.6 is 0 Å². The molecule has 144 valence electrons. The van der Waals surface area contributed by atoms with E-state index in [1.807, 2.05) is 6.92 Å². The fraction of sp³-hybridized carbons (Fsp3) is 0.368. The molecule has 0 radical (unpaired) electrons. The quantitative estimate of drug-likeness (QED) is 0.691. The second-order valence-electron chi connectivity index (χ2n) is 6.05. The number of carbonyl (C=O) groups excluding carboxylic acids is 2. The van der Waals surface area contributed by atoms with Crippen LogP contribution in [0, 0.1) is 11.7 Å². The van der Waals surface area contributed by atoms with Gasteiger partial charge in [0, 0.05) is 23.7 Å². The summed E-state index contributed by atoms with van der Waals surface area (Å²) in [5.74, 6) is -2.66. The number of nitrogens with zero attached hydrogens (tertiary/aromatic N) is 2. The van der Waals surface area contributed by atoms with E-state index >= 15 is 0 Å². The number of ketones is 1. The Morgan fingerprint density at radius 2 is 1.85 bits per heavy atom. The molecular weight excluding hydrogens is 355 g/mol. The predicted octanol–water partition coefficient (Wildman–Crippen LogP) is 2.06. The maximum atomic E-state index is 13.9. The van der Waals surface area contributed by atoms with Crippen molar-refractivity contribution >= 4 is 11.7 Å². The van der Waals surface area contributed by atoms with E-state index in [1.165, 1.54) is 18.2 Å². The van der Waals surface area contributed by atoms with Crippen LogP contribution in [0.1, 0.15) is 47.9 Å². The Kier molecular flexibility index (Phi) is 6.57. The van der Waals surface area contributed by atoms with Gasteiger partial charge in [0.25, 0.3) is 11.5 Å².